The van der Waals surface area contributed by atoms with Gasteiger partial charge in [-0.15, -0.1) is 0 Å². The summed E-state index contributed by atoms with van der Waals surface area (Å²) in [6, 6.07) is 6.63. The summed E-state index contributed by atoms with van der Waals surface area (Å²) in [6.45, 7) is 5.61. The van der Waals surface area contributed by atoms with Gasteiger partial charge in [0.25, 0.3) is 0 Å². The van der Waals surface area contributed by atoms with Crippen molar-refractivity contribution in [2.75, 3.05) is 11.4 Å². The maximum Gasteiger partial charge on any atom is 0.130 e. The molecule has 0 N–H and O–H groups in total. The van der Waals surface area contributed by atoms with E-state index < -0.39 is 0 Å². The van der Waals surface area contributed by atoms with E-state index in [2.05, 4.69) is 51.8 Å². The van der Waals surface area contributed by atoms with Gasteiger partial charge < -0.3 is 4.90 Å². The van der Waals surface area contributed by atoms with Crippen molar-refractivity contribution in [3.63, 3.8) is 0 Å². The summed E-state index contributed by atoms with van der Waals surface area (Å²) >= 11 is 3.42. The first-order chi connectivity index (χ1) is 7.16. The molecule has 1 aliphatic rings. The fourth-order valence-electron chi connectivity index (χ4n) is 1.70. The first-order valence-corrected chi connectivity index (χ1v) is 6.35. The van der Waals surface area contributed by atoms with E-state index in [1.54, 1.807) is 0 Å². The lowest BCUT2D eigenvalue weighted by Gasteiger charge is -2.28. The van der Waals surface area contributed by atoms with Crippen molar-refractivity contribution in [3.05, 3.63) is 22.8 Å². The van der Waals surface area contributed by atoms with Crippen LogP contribution in [0.2, 0.25) is 0 Å². The molecule has 1 heterocycles. The second kappa shape index (κ2) is 4.52. The molecule has 15 heavy (non-hydrogen) atoms. The van der Waals surface area contributed by atoms with Crippen LogP contribution in [0, 0.1) is 5.92 Å². The maximum absolute atomic E-state index is 4.52. The molecule has 0 saturated heterocycles. The minimum atomic E-state index is 0.521. The normalized spacial score (nSPS) is 15.7. The number of hydrogen-bond acceptors (Lipinski definition) is 2. The van der Waals surface area contributed by atoms with E-state index in [0.29, 0.717) is 6.04 Å². The van der Waals surface area contributed by atoms with Gasteiger partial charge in [-0.25, -0.2) is 4.98 Å². The van der Waals surface area contributed by atoms with Gasteiger partial charge in [0.1, 0.15) is 10.4 Å². The van der Waals surface area contributed by atoms with Crippen LogP contribution in [-0.4, -0.2) is 17.6 Å². The number of anilines is 1. The molecule has 2 nitrogen and oxygen atoms in total. The van der Waals surface area contributed by atoms with Crippen LogP contribution >= 0.6 is 15.9 Å². The highest BCUT2D eigenvalue weighted by Crippen LogP contribution is 2.32. The second-order valence-corrected chi connectivity index (χ2v) is 5.32. The quantitative estimate of drug-likeness (QED) is 0.778. The van der Waals surface area contributed by atoms with Gasteiger partial charge in [0.05, 0.1) is 0 Å². The molecular weight excluding hydrogens is 252 g/mol. The molecule has 0 bridgehead atoms. The van der Waals surface area contributed by atoms with E-state index in [-0.39, 0.29) is 0 Å². The number of halogens is 1. The van der Waals surface area contributed by atoms with E-state index in [1.807, 2.05) is 6.07 Å². The topological polar surface area (TPSA) is 16.1 Å². The number of rotatable bonds is 4. The summed E-state index contributed by atoms with van der Waals surface area (Å²) in [5, 5.41) is 0. The van der Waals surface area contributed by atoms with Gasteiger partial charge in [-0.2, -0.15) is 0 Å². The van der Waals surface area contributed by atoms with Crippen LogP contribution in [0.3, 0.4) is 0 Å². The highest BCUT2D eigenvalue weighted by molar-refractivity contribution is 9.10. The number of hydrogen-bond donors (Lipinski definition) is 0. The average Bonchev–Trinajstić information content (AvgIpc) is 2.97. The van der Waals surface area contributed by atoms with E-state index in [0.717, 1.165) is 22.9 Å². The smallest absolute Gasteiger partial charge is 0.130 e. The molecule has 3 heteroatoms. The van der Waals surface area contributed by atoms with Crippen LogP contribution < -0.4 is 4.90 Å². The van der Waals surface area contributed by atoms with E-state index in [1.165, 1.54) is 12.8 Å². The lowest BCUT2D eigenvalue weighted by molar-refractivity contribution is 0.636. The molecule has 1 aliphatic carbocycles. The molecule has 1 saturated carbocycles. The molecule has 82 valence electrons. The number of aromatic nitrogens is 1. The zero-order valence-corrected chi connectivity index (χ0v) is 10.9. The van der Waals surface area contributed by atoms with E-state index in [9.17, 15) is 0 Å². The van der Waals surface area contributed by atoms with Gasteiger partial charge in [-0.3, -0.25) is 0 Å². The number of pyridine rings is 1. The Morgan fingerprint density at radius 3 is 2.73 bits per heavy atom. The summed E-state index contributed by atoms with van der Waals surface area (Å²) in [7, 11) is 0. The molecule has 1 aromatic heterocycles. The van der Waals surface area contributed by atoms with Crippen LogP contribution in [-0.2, 0) is 0 Å². The van der Waals surface area contributed by atoms with Crippen LogP contribution in [0.15, 0.2) is 22.8 Å². The minimum Gasteiger partial charge on any atom is -0.354 e. The Balaban J connectivity index is 2.15. The molecule has 0 radical (unpaired) electrons. The van der Waals surface area contributed by atoms with Gasteiger partial charge >= 0.3 is 0 Å². The van der Waals surface area contributed by atoms with Crippen molar-refractivity contribution in [3.8, 4) is 0 Å². The predicted octanol–water partition coefficient (Wildman–Crippen LogP) is 3.47. The van der Waals surface area contributed by atoms with Crippen molar-refractivity contribution in [2.24, 2.45) is 5.92 Å². The second-order valence-electron chi connectivity index (χ2n) is 4.51. The van der Waals surface area contributed by atoms with Gasteiger partial charge in [0.15, 0.2) is 0 Å². The summed E-state index contributed by atoms with van der Waals surface area (Å²) in [5.74, 6) is 1.99. The van der Waals surface area contributed by atoms with Crippen molar-refractivity contribution in [1.29, 1.82) is 0 Å². The van der Waals surface area contributed by atoms with Gasteiger partial charge in [-0.1, -0.05) is 6.07 Å². The average molecular weight is 269 g/mol. The van der Waals surface area contributed by atoms with Gasteiger partial charge in [0.2, 0.25) is 0 Å². The SMILES string of the molecule is CC(C)N(CC1CC1)c1cccc(Br)n1. The summed E-state index contributed by atoms with van der Waals surface area (Å²) in [6.07, 6.45) is 2.77. The van der Waals surface area contributed by atoms with E-state index >= 15 is 0 Å². The van der Waals surface area contributed by atoms with E-state index in [4.69, 9.17) is 0 Å². The third-order valence-electron chi connectivity index (χ3n) is 2.77. The molecule has 2 rings (SSSR count). The van der Waals surface area contributed by atoms with Crippen LogP contribution in [0.4, 0.5) is 5.82 Å². The molecule has 0 spiro atoms. The van der Waals surface area contributed by atoms with Crippen molar-refractivity contribution in [2.45, 2.75) is 32.7 Å². The monoisotopic (exact) mass is 268 g/mol. The van der Waals surface area contributed by atoms with Crippen LogP contribution in [0.1, 0.15) is 26.7 Å². The highest BCUT2D eigenvalue weighted by atomic mass is 79.9. The van der Waals surface area contributed by atoms with Crippen LogP contribution in [0.5, 0.6) is 0 Å². The first-order valence-electron chi connectivity index (χ1n) is 5.56. The lowest BCUT2D eigenvalue weighted by atomic mass is 10.2. The molecule has 0 aliphatic heterocycles. The zero-order chi connectivity index (χ0) is 10.8. The van der Waals surface area contributed by atoms with Crippen LogP contribution in [0.25, 0.3) is 0 Å². The third kappa shape index (κ3) is 2.94. The van der Waals surface area contributed by atoms with Gasteiger partial charge in [0, 0.05) is 12.6 Å². The summed E-state index contributed by atoms with van der Waals surface area (Å²) < 4.78 is 0.918. The maximum atomic E-state index is 4.52. The minimum absolute atomic E-state index is 0.521. The molecule has 1 aromatic rings. The molecule has 0 aromatic carbocycles. The molecular formula is C12H17BrN2. The van der Waals surface area contributed by atoms with Gasteiger partial charge in [-0.05, 0) is 60.7 Å². The Morgan fingerprint density at radius 2 is 2.20 bits per heavy atom. The molecule has 0 unspecified atom stereocenters. The largest absolute Gasteiger partial charge is 0.354 e. The Labute approximate surface area is 99.8 Å². The summed E-state index contributed by atoms with van der Waals surface area (Å²) in [5.41, 5.74) is 0. The first kappa shape index (κ1) is 10.9. The third-order valence-corrected chi connectivity index (χ3v) is 3.21. The van der Waals surface area contributed by atoms with Crippen molar-refractivity contribution < 1.29 is 0 Å². The standard InChI is InChI=1S/C12H17BrN2/c1-9(2)15(8-10-6-7-10)12-5-3-4-11(13)14-12/h3-5,9-10H,6-8H2,1-2H3. The zero-order valence-electron chi connectivity index (χ0n) is 9.28. The molecule has 0 amide bonds. The Kier molecular flexibility index (Phi) is 3.29. The fourth-order valence-corrected chi connectivity index (χ4v) is 2.04. The fraction of sp³-hybridized carbons (Fsp3) is 0.583. The Hall–Kier alpha value is -0.570. The van der Waals surface area contributed by atoms with Crippen molar-refractivity contribution in [1.82, 2.24) is 4.98 Å². The summed E-state index contributed by atoms with van der Waals surface area (Å²) in [4.78, 5) is 6.91. The highest BCUT2D eigenvalue weighted by Gasteiger charge is 2.26. The van der Waals surface area contributed by atoms with Crippen molar-refractivity contribution >= 4 is 21.7 Å². The molecule has 1 fully saturated rings. The number of nitrogens with zero attached hydrogens (tertiary/aromatic N) is 2. The Bertz CT molecular complexity index is 334. The molecule has 0 atom stereocenters. The lowest BCUT2D eigenvalue weighted by Crippen LogP contribution is -2.33. The Morgan fingerprint density at radius 1 is 1.47 bits per heavy atom. The predicted molar refractivity (Wildman–Crippen MR) is 67.1 cm³/mol.